The number of amides is 1. The van der Waals surface area contributed by atoms with E-state index in [9.17, 15) is 25.1 Å². The molecule has 4 aromatic rings. The molecular weight excluding hydrogens is 815 g/mol. The summed E-state index contributed by atoms with van der Waals surface area (Å²) in [5, 5.41) is 38.2. The SMILES string of the molecule is C=CCOc1ccc2c(c1)[C@H]1[C@H](CCCCO)[C@@H](CCCCO)C=C3C(=NOCc4ccc([N+](=O)[O-])cc4)C[C@H](N(Cc4cccc5ccccc45)C(=O)OCC)[C@@](OCC=C)(O2)[C@H]31. The number of oxime groups is 1. The number of nitrogens with zero attached hydrogens (tertiary/aromatic N) is 3. The largest absolute Gasteiger partial charge is 0.490 e. The third-order valence-corrected chi connectivity index (χ3v) is 12.7. The maximum atomic E-state index is 14.7. The summed E-state index contributed by atoms with van der Waals surface area (Å²) in [4.78, 5) is 33.5. The van der Waals surface area contributed by atoms with E-state index in [1.165, 1.54) is 12.1 Å². The fourth-order valence-electron chi connectivity index (χ4n) is 9.91. The zero-order valence-corrected chi connectivity index (χ0v) is 36.5. The standard InChI is InChI=1S/C51H59N3O10/c1-4-28-61-40-24-25-46-44(31-40)48-42(19-10-12-27-56)37(15-9-11-26-55)30-43-45(52-63-34-35-20-22-39(23-21-35)54(58)59)32-47(51(64-46,49(43)48)62-29-5-2)53(50(57)60-6-3)33-38-17-13-16-36-14-7-8-18-41(36)38/h4-5,7-8,13-14,16-18,20-25,30-31,37,42,47-49,55-56H,1-2,6,9-12,15,19,26-29,32-34H2,3H3/t37-,42+,47-,48+,49+,51+/m0/s1. The average Bonchev–Trinajstić information content (AvgIpc) is 3.31. The van der Waals surface area contributed by atoms with E-state index in [4.69, 9.17) is 28.9 Å². The summed E-state index contributed by atoms with van der Waals surface area (Å²) >= 11 is 0. The Bertz CT molecular complexity index is 2320. The van der Waals surface area contributed by atoms with E-state index in [-0.39, 0.29) is 69.4 Å². The van der Waals surface area contributed by atoms with Crippen molar-refractivity contribution in [2.75, 3.05) is 33.0 Å². The first kappa shape index (κ1) is 46.0. The van der Waals surface area contributed by atoms with Crippen molar-refractivity contribution in [1.82, 2.24) is 4.90 Å². The number of hydrogen-bond donors (Lipinski definition) is 2. The van der Waals surface area contributed by atoms with Crippen LogP contribution in [0.5, 0.6) is 11.5 Å². The fourth-order valence-corrected chi connectivity index (χ4v) is 9.91. The number of nitro groups is 1. The number of aliphatic hydroxyl groups is 2. The number of carbonyl (C=O) groups is 1. The first-order chi connectivity index (χ1) is 31.3. The van der Waals surface area contributed by atoms with E-state index in [1.807, 2.05) is 60.7 Å². The van der Waals surface area contributed by atoms with Gasteiger partial charge in [0.2, 0.25) is 5.79 Å². The molecule has 6 atom stereocenters. The molecule has 0 radical (unpaired) electrons. The van der Waals surface area contributed by atoms with Crippen LogP contribution < -0.4 is 9.47 Å². The van der Waals surface area contributed by atoms with Crippen LogP contribution in [0, 0.1) is 27.9 Å². The molecule has 1 saturated carbocycles. The van der Waals surface area contributed by atoms with Gasteiger partial charge >= 0.3 is 6.09 Å². The molecule has 1 fully saturated rings. The van der Waals surface area contributed by atoms with Crippen LogP contribution >= 0.6 is 0 Å². The minimum Gasteiger partial charge on any atom is -0.490 e. The molecule has 13 nitrogen and oxygen atoms in total. The average molecular weight is 874 g/mol. The predicted octanol–water partition coefficient (Wildman–Crippen LogP) is 9.81. The first-order valence-electron chi connectivity index (χ1n) is 22.3. The molecule has 0 spiro atoms. The highest BCUT2D eigenvalue weighted by molar-refractivity contribution is 6.03. The Balaban J connectivity index is 1.45. The quantitative estimate of drug-likeness (QED) is 0.0337. The van der Waals surface area contributed by atoms with E-state index in [0.29, 0.717) is 42.2 Å². The van der Waals surface area contributed by atoms with Crippen molar-refractivity contribution in [2.45, 2.75) is 82.8 Å². The maximum Gasteiger partial charge on any atom is 0.410 e. The fraction of sp³-hybridized carbons (Fsp3) is 0.412. The van der Waals surface area contributed by atoms with Crippen molar-refractivity contribution in [3.05, 3.63) is 149 Å². The van der Waals surface area contributed by atoms with Gasteiger partial charge in [-0.05, 0) is 102 Å². The number of fused-ring (bicyclic) bond motifs is 3. The van der Waals surface area contributed by atoms with E-state index in [1.54, 1.807) is 36.1 Å². The predicted molar refractivity (Wildman–Crippen MR) is 245 cm³/mol. The molecule has 338 valence electrons. The molecule has 3 aliphatic rings. The molecule has 13 heteroatoms. The van der Waals surface area contributed by atoms with Crippen molar-refractivity contribution in [3.8, 4) is 11.5 Å². The number of non-ortho nitro benzene ring substituents is 1. The van der Waals surface area contributed by atoms with Crippen LogP contribution in [0.1, 0.15) is 74.5 Å². The van der Waals surface area contributed by atoms with Gasteiger partial charge in [0, 0.05) is 43.2 Å². The van der Waals surface area contributed by atoms with Gasteiger partial charge < -0.3 is 34.0 Å². The lowest BCUT2D eigenvalue weighted by molar-refractivity contribution is -0.384. The molecule has 7 rings (SSSR count). The van der Waals surface area contributed by atoms with Crippen LogP contribution in [-0.2, 0) is 27.5 Å². The Hall–Kier alpha value is -6.02. The normalized spacial score (nSPS) is 22.6. The smallest absolute Gasteiger partial charge is 0.410 e. The van der Waals surface area contributed by atoms with E-state index in [0.717, 1.165) is 53.2 Å². The van der Waals surface area contributed by atoms with Gasteiger partial charge in [-0.15, -0.1) is 6.58 Å². The molecule has 1 amide bonds. The van der Waals surface area contributed by atoms with Crippen molar-refractivity contribution in [1.29, 1.82) is 0 Å². The second-order valence-electron chi connectivity index (χ2n) is 16.5. The minimum absolute atomic E-state index is 0.0122. The molecule has 1 aliphatic heterocycles. The van der Waals surface area contributed by atoms with Crippen LogP contribution in [0.4, 0.5) is 10.5 Å². The van der Waals surface area contributed by atoms with Gasteiger partial charge in [-0.25, -0.2) is 4.79 Å². The second kappa shape index (κ2) is 21.6. The highest BCUT2D eigenvalue weighted by Gasteiger charge is 2.65. The monoisotopic (exact) mass is 873 g/mol. The summed E-state index contributed by atoms with van der Waals surface area (Å²) in [5.41, 5.74) is 3.99. The molecule has 4 aromatic carbocycles. The van der Waals surface area contributed by atoms with Crippen LogP contribution in [0.2, 0.25) is 0 Å². The van der Waals surface area contributed by atoms with Crippen molar-refractivity contribution < 1.29 is 43.7 Å². The summed E-state index contributed by atoms with van der Waals surface area (Å²) in [7, 11) is 0. The van der Waals surface area contributed by atoms with Gasteiger partial charge in [-0.2, -0.15) is 0 Å². The molecule has 2 aliphatic carbocycles. The molecule has 0 bridgehead atoms. The Morgan fingerprint density at radius 2 is 1.72 bits per heavy atom. The van der Waals surface area contributed by atoms with E-state index < -0.39 is 28.8 Å². The lowest BCUT2D eigenvalue weighted by Crippen LogP contribution is -2.70. The third kappa shape index (κ3) is 9.86. The summed E-state index contributed by atoms with van der Waals surface area (Å²) in [6, 6.07) is 25.3. The van der Waals surface area contributed by atoms with Gasteiger partial charge in [0.05, 0.1) is 36.3 Å². The summed E-state index contributed by atoms with van der Waals surface area (Å²) in [6.07, 6.45) is 9.68. The van der Waals surface area contributed by atoms with E-state index >= 15 is 0 Å². The van der Waals surface area contributed by atoms with Crippen LogP contribution in [-0.4, -0.2) is 76.7 Å². The Morgan fingerprint density at radius 1 is 0.969 bits per heavy atom. The summed E-state index contributed by atoms with van der Waals surface area (Å²) in [6.45, 7) is 10.6. The van der Waals surface area contributed by atoms with Gasteiger partial charge in [0.25, 0.3) is 5.69 Å². The number of benzene rings is 4. The lowest BCUT2D eigenvalue weighted by atomic mass is 9.55. The topological polar surface area (TPSA) is 162 Å². The zero-order valence-electron chi connectivity index (χ0n) is 36.5. The highest BCUT2D eigenvalue weighted by atomic mass is 16.7. The van der Waals surface area contributed by atoms with Crippen molar-refractivity contribution in [2.24, 2.45) is 22.9 Å². The van der Waals surface area contributed by atoms with Gasteiger partial charge in [-0.1, -0.05) is 85.3 Å². The zero-order chi connectivity index (χ0) is 45.1. The number of aliphatic hydroxyl groups excluding tert-OH is 2. The van der Waals surface area contributed by atoms with Crippen LogP contribution in [0.3, 0.4) is 0 Å². The number of hydrogen-bond acceptors (Lipinski definition) is 11. The number of rotatable bonds is 22. The van der Waals surface area contributed by atoms with Crippen molar-refractivity contribution >= 4 is 28.3 Å². The van der Waals surface area contributed by atoms with E-state index in [2.05, 4.69) is 19.2 Å². The number of nitro benzene ring substituents is 1. The molecule has 64 heavy (non-hydrogen) atoms. The first-order valence-corrected chi connectivity index (χ1v) is 22.3. The summed E-state index contributed by atoms with van der Waals surface area (Å²) in [5.74, 6) is -1.01. The van der Waals surface area contributed by atoms with Gasteiger partial charge in [0.15, 0.2) is 0 Å². The maximum absolute atomic E-state index is 14.7. The molecule has 0 saturated heterocycles. The van der Waals surface area contributed by atoms with Crippen molar-refractivity contribution in [3.63, 3.8) is 0 Å². The number of unbranched alkanes of at least 4 members (excludes halogenated alkanes) is 2. The molecular formula is C51H59N3O10. The number of carbonyl (C=O) groups excluding carboxylic acids is 1. The Morgan fingerprint density at radius 3 is 2.45 bits per heavy atom. The molecule has 1 heterocycles. The van der Waals surface area contributed by atoms with Crippen LogP contribution in [0.25, 0.3) is 10.8 Å². The molecule has 2 N–H and O–H groups in total. The Labute approximate surface area is 374 Å². The van der Waals surface area contributed by atoms with Crippen LogP contribution in [0.15, 0.2) is 127 Å². The minimum atomic E-state index is -1.50. The summed E-state index contributed by atoms with van der Waals surface area (Å²) < 4.78 is 26.5. The second-order valence-corrected chi connectivity index (χ2v) is 16.5. The van der Waals surface area contributed by atoms with Gasteiger partial charge in [0.1, 0.15) is 30.8 Å². The number of allylic oxidation sites excluding steroid dienone is 1. The molecule has 0 unspecified atom stereocenters. The lowest BCUT2D eigenvalue weighted by Gasteiger charge is -2.59. The number of ether oxygens (including phenoxy) is 4. The highest BCUT2D eigenvalue weighted by Crippen LogP contribution is 2.62. The molecule has 0 aromatic heterocycles. The third-order valence-electron chi connectivity index (χ3n) is 12.7. The van der Waals surface area contributed by atoms with Gasteiger partial charge in [-0.3, -0.25) is 15.0 Å². The Kier molecular flexibility index (Phi) is 15.5.